The van der Waals surface area contributed by atoms with Gasteiger partial charge in [-0.05, 0) is 56.0 Å². The average Bonchev–Trinajstić information content (AvgIpc) is 3.74. The third-order valence-electron chi connectivity index (χ3n) is 6.42. The van der Waals surface area contributed by atoms with Crippen molar-refractivity contribution in [3.8, 4) is 5.75 Å². The Morgan fingerprint density at radius 3 is 2.25 bits per heavy atom. The van der Waals surface area contributed by atoms with E-state index in [1.165, 1.54) is 0 Å². The molecule has 2 N–H and O–H groups in total. The molecule has 1 saturated heterocycles. The van der Waals surface area contributed by atoms with Gasteiger partial charge in [0, 0.05) is 49.5 Å². The predicted molar refractivity (Wildman–Crippen MR) is 126 cm³/mol. The van der Waals surface area contributed by atoms with E-state index in [4.69, 9.17) is 4.74 Å². The summed E-state index contributed by atoms with van der Waals surface area (Å²) in [5.41, 5.74) is 3.35. The molecule has 2 saturated carbocycles. The van der Waals surface area contributed by atoms with Gasteiger partial charge in [-0.3, -0.25) is 9.59 Å². The normalized spacial score (nSPS) is 18.3. The minimum Gasteiger partial charge on any atom is -0.495 e. The molecule has 0 unspecified atom stereocenters. The smallest absolute Gasteiger partial charge is 0.253 e. The first-order valence-electron chi connectivity index (χ1n) is 11.5. The summed E-state index contributed by atoms with van der Waals surface area (Å²) in [6.07, 6.45) is 3.98. The van der Waals surface area contributed by atoms with Gasteiger partial charge >= 0.3 is 0 Å². The largest absolute Gasteiger partial charge is 0.495 e. The average molecular weight is 435 g/mol. The van der Waals surface area contributed by atoms with Crippen molar-refractivity contribution in [3.05, 3.63) is 48.0 Å². The second-order valence-electron chi connectivity index (χ2n) is 8.89. The van der Waals surface area contributed by atoms with Crippen LogP contribution in [0.15, 0.2) is 42.5 Å². The van der Waals surface area contributed by atoms with Gasteiger partial charge in [0.2, 0.25) is 5.91 Å². The van der Waals surface area contributed by atoms with Crippen molar-refractivity contribution in [1.82, 2.24) is 5.32 Å². The Morgan fingerprint density at radius 1 is 0.906 bits per heavy atom. The van der Waals surface area contributed by atoms with E-state index in [0.29, 0.717) is 11.3 Å². The van der Waals surface area contributed by atoms with E-state index in [9.17, 15) is 9.59 Å². The van der Waals surface area contributed by atoms with Gasteiger partial charge < -0.3 is 25.2 Å². The third kappa shape index (κ3) is 4.52. The van der Waals surface area contributed by atoms with E-state index in [2.05, 4.69) is 26.5 Å². The lowest BCUT2D eigenvalue weighted by molar-refractivity contribution is -0.117. The maximum Gasteiger partial charge on any atom is 0.253 e. The highest BCUT2D eigenvalue weighted by Crippen LogP contribution is 2.33. The molecule has 0 atom stereocenters. The molecule has 3 fully saturated rings. The number of nitrogens with zero attached hydrogens (tertiary/aromatic N) is 2. The Balaban J connectivity index is 1.33. The summed E-state index contributed by atoms with van der Waals surface area (Å²) in [5, 5.41) is 6.09. The van der Waals surface area contributed by atoms with Crippen LogP contribution in [0.2, 0.25) is 0 Å². The molecule has 1 heterocycles. The molecule has 2 aliphatic carbocycles. The van der Waals surface area contributed by atoms with Crippen LogP contribution in [0.4, 0.5) is 17.1 Å². The monoisotopic (exact) mass is 434 g/mol. The summed E-state index contributed by atoms with van der Waals surface area (Å²) in [6.45, 7) is 3.28. The lowest BCUT2D eigenvalue weighted by Crippen LogP contribution is -2.47. The minimum absolute atomic E-state index is 0.0525. The molecule has 0 radical (unpaired) electrons. The number of amides is 2. The summed E-state index contributed by atoms with van der Waals surface area (Å²) in [5.74, 6) is 0.997. The van der Waals surface area contributed by atoms with Crippen molar-refractivity contribution in [2.24, 2.45) is 5.92 Å². The molecule has 0 spiro atoms. The van der Waals surface area contributed by atoms with Crippen LogP contribution in [0, 0.1) is 5.92 Å². The van der Waals surface area contributed by atoms with Gasteiger partial charge in [0.1, 0.15) is 5.75 Å². The first-order chi connectivity index (χ1) is 15.6. The molecule has 0 bridgehead atoms. The molecule has 0 aromatic heterocycles. The van der Waals surface area contributed by atoms with Gasteiger partial charge in [-0.1, -0.05) is 12.1 Å². The van der Waals surface area contributed by atoms with Gasteiger partial charge in [-0.2, -0.15) is 0 Å². The summed E-state index contributed by atoms with van der Waals surface area (Å²) in [6, 6.07) is 14.1. The van der Waals surface area contributed by atoms with E-state index in [1.807, 2.05) is 36.4 Å². The SMILES string of the molecule is COc1ccccc1N1CCN(c2ccc(NC(=O)C3CC3)cc2C(=O)NC2CC2)CC1. The van der Waals surface area contributed by atoms with Crippen LogP contribution in [0.3, 0.4) is 0 Å². The maximum absolute atomic E-state index is 13.0. The molecule has 3 aliphatic rings. The Kier molecular flexibility index (Phi) is 5.64. The second kappa shape index (κ2) is 8.73. The lowest BCUT2D eigenvalue weighted by Gasteiger charge is -2.38. The van der Waals surface area contributed by atoms with Crippen molar-refractivity contribution >= 4 is 28.9 Å². The highest BCUT2D eigenvalue weighted by molar-refractivity contribution is 6.02. The van der Waals surface area contributed by atoms with Gasteiger partial charge in [-0.15, -0.1) is 0 Å². The molecule has 168 valence electrons. The first-order valence-corrected chi connectivity index (χ1v) is 11.5. The maximum atomic E-state index is 13.0. The van der Waals surface area contributed by atoms with E-state index >= 15 is 0 Å². The standard InChI is InChI=1S/C25H30N4O3/c1-32-23-5-3-2-4-22(23)29-14-12-28(13-15-29)21-11-10-19(27-24(30)17-6-7-17)16-20(21)25(31)26-18-8-9-18/h2-5,10-11,16-18H,6-9,12-15H2,1H3,(H,26,31)(H,27,30). The van der Waals surface area contributed by atoms with Gasteiger partial charge in [0.25, 0.3) is 5.91 Å². The second-order valence-corrected chi connectivity index (χ2v) is 8.89. The number of para-hydroxylation sites is 2. The number of hydrogen-bond acceptors (Lipinski definition) is 5. The zero-order valence-electron chi connectivity index (χ0n) is 18.5. The first kappa shape index (κ1) is 20.7. The number of ether oxygens (including phenoxy) is 1. The molecule has 5 rings (SSSR count). The fourth-order valence-electron chi connectivity index (χ4n) is 4.23. The number of piperazine rings is 1. The van der Waals surface area contributed by atoms with Gasteiger partial charge in [-0.25, -0.2) is 0 Å². The number of benzene rings is 2. The topological polar surface area (TPSA) is 73.9 Å². The van der Waals surface area contributed by atoms with Gasteiger partial charge in [0.05, 0.1) is 18.4 Å². The van der Waals surface area contributed by atoms with E-state index < -0.39 is 0 Å². The number of carbonyl (C=O) groups excluding carboxylic acids is 2. The quantitative estimate of drug-likeness (QED) is 0.700. The molecule has 1 aliphatic heterocycles. The van der Waals surface area contributed by atoms with Crippen molar-refractivity contribution < 1.29 is 14.3 Å². The molecule has 7 heteroatoms. The molecule has 7 nitrogen and oxygen atoms in total. The molecule has 32 heavy (non-hydrogen) atoms. The van der Waals surface area contributed by atoms with Crippen molar-refractivity contribution in [1.29, 1.82) is 0 Å². The Hall–Kier alpha value is -3.22. The summed E-state index contributed by atoms with van der Waals surface area (Å²) in [7, 11) is 1.70. The number of carbonyl (C=O) groups is 2. The predicted octanol–water partition coefficient (Wildman–Crippen LogP) is 3.26. The molecular weight excluding hydrogens is 404 g/mol. The molecule has 2 amide bonds. The number of hydrogen-bond donors (Lipinski definition) is 2. The fourth-order valence-corrected chi connectivity index (χ4v) is 4.23. The van der Waals surface area contributed by atoms with Gasteiger partial charge in [0.15, 0.2) is 0 Å². The summed E-state index contributed by atoms with van der Waals surface area (Å²) < 4.78 is 5.53. The van der Waals surface area contributed by atoms with Crippen LogP contribution in [-0.2, 0) is 4.79 Å². The van der Waals surface area contributed by atoms with Crippen LogP contribution < -0.4 is 25.2 Å². The van der Waals surface area contributed by atoms with Crippen LogP contribution in [0.25, 0.3) is 0 Å². The summed E-state index contributed by atoms with van der Waals surface area (Å²) >= 11 is 0. The van der Waals surface area contributed by atoms with E-state index in [0.717, 1.165) is 69.0 Å². The third-order valence-corrected chi connectivity index (χ3v) is 6.42. The van der Waals surface area contributed by atoms with Crippen LogP contribution in [0.1, 0.15) is 36.0 Å². The van der Waals surface area contributed by atoms with Crippen molar-refractivity contribution in [2.45, 2.75) is 31.7 Å². The Labute approximate surface area is 188 Å². The number of rotatable bonds is 7. The molecule has 2 aromatic carbocycles. The molecular formula is C25H30N4O3. The number of methoxy groups -OCH3 is 1. The van der Waals surface area contributed by atoms with Crippen LogP contribution in [0.5, 0.6) is 5.75 Å². The molecule has 2 aromatic rings. The van der Waals surface area contributed by atoms with Crippen LogP contribution >= 0.6 is 0 Å². The zero-order chi connectivity index (χ0) is 22.1. The highest BCUT2D eigenvalue weighted by atomic mass is 16.5. The number of nitrogens with one attached hydrogen (secondary N) is 2. The van der Waals surface area contributed by atoms with Crippen molar-refractivity contribution in [2.75, 3.05) is 48.4 Å². The van der Waals surface area contributed by atoms with Crippen LogP contribution in [-0.4, -0.2) is 51.1 Å². The summed E-state index contributed by atoms with van der Waals surface area (Å²) in [4.78, 5) is 29.8. The Morgan fingerprint density at radius 2 is 1.59 bits per heavy atom. The fraction of sp³-hybridized carbons (Fsp3) is 0.440. The van der Waals surface area contributed by atoms with E-state index in [1.54, 1.807) is 7.11 Å². The minimum atomic E-state index is -0.0582. The lowest BCUT2D eigenvalue weighted by atomic mass is 10.1. The van der Waals surface area contributed by atoms with E-state index in [-0.39, 0.29) is 23.8 Å². The highest BCUT2D eigenvalue weighted by Gasteiger charge is 2.31. The zero-order valence-corrected chi connectivity index (χ0v) is 18.5. The number of anilines is 3. The van der Waals surface area contributed by atoms with Crippen molar-refractivity contribution in [3.63, 3.8) is 0 Å². The Bertz CT molecular complexity index is 1010.